The van der Waals surface area contributed by atoms with Gasteiger partial charge in [-0.15, -0.1) is 0 Å². The third-order valence-electron chi connectivity index (χ3n) is 4.92. The molecule has 0 aromatic heterocycles. The lowest BCUT2D eigenvalue weighted by Crippen LogP contribution is -2.41. The molecule has 0 unspecified atom stereocenters. The maximum absolute atomic E-state index is 12.8. The maximum atomic E-state index is 12.8. The molecule has 1 fully saturated rings. The number of nitrogens with zero attached hydrogens (tertiary/aromatic N) is 2. The van der Waals surface area contributed by atoms with Crippen molar-refractivity contribution in [2.45, 2.75) is 24.7 Å². The number of non-ortho nitro benzene ring substituents is 1. The molecule has 0 spiro atoms. The molecular formula is C20H23N3O6S. The number of piperidine rings is 1. The van der Waals surface area contributed by atoms with Crippen LogP contribution in [0.1, 0.15) is 19.8 Å². The van der Waals surface area contributed by atoms with Crippen LogP contribution in [-0.2, 0) is 14.8 Å². The Bertz CT molecular complexity index is 1020. The van der Waals surface area contributed by atoms with Crippen LogP contribution in [-0.4, -0.2) is 43.2 Å². The lowest BCUT2D eigenvalue weighted by atomic mass is 9.97. The second kappa shape index (κ2) is 9.23. The number of nitro groups is 1. The Kier molecular flexibility index (Phi) is 6.68. The fraction of sp³-hybridized carbons (Fsp3) is 0.350. The zero-order valence-corrected chi connectivity index (χ0v) is 17.3. The number of rotatable bonds is 7. The first kappa shape index (κ1) is 21.7. The molecule has 0 radical (unpaired) electrons. The van der Waals surface area contributed by atoms with Crippen LogP contribution in [0.2, 0.25) is 0 Å². The fourth-order valence-electron chi connectivity index (χ4n) is 3.32. The molecule has 0 bridgehead atoms. The van der Waals surface area contributed by atoms with Crippen LogP contribution < -0.4 is 10.1 Å². The average Bonchev–Trinajstić information content (AvgIpc) is 2.74. The second-order valence-corrected chi connectivity index (χ2v) is 8.82. The van der Waals surface area contributed by atoms with Gasteiger partial charge in [0.25, 0.3) is 5.69 Å². The largest absolute Gasteiger partial charge is 0.494 e. The molecule has 10 heteroatoms. The minimum absolute atomic E-state index is 0.107. The van der Waals surface area contributed by atoms with E-state index in [1.54, 1.807) is 18.2 Å². The molecule has 1 aliphatic rings. The minimum atomic E-state index is -3.65. The van der Waals surface area contributed by atoms with Crippen LogP contribution in [0.5, 0.6) is 5.75 Å². The van der Waals surface area contributed by atoms with E-state index >= 15 is 0 Å². The number of sulfonamides is 1. The molecule has 9 nitrogen and oxygen atoms in total. The van der Waals surface area contributed by atoms with Crippen LogP contribution in [0.15, 0.2) is 53.4 Å². The molecule has 160 valence electrons. The van der Waals surface area contributed by atoms with Crippen LogP contribution in [0.25, 0.3) is 0 Å². The molecule has 1 aliphatic heterocycles. The molecule has 2 aromatic carbocycles. The van der Waals surface area contributed by atoms with Crippen molar-refractivity contribution in [3.05, 3.63) is 58.6 Å². The van der Waals surface area contributed by atoms with Crippen molar-refractivity contribution in [2.24, 2.45) is 5.92 Å². The Hall–Kier alpha value is -2.98. The number of benzene rings is 2. The number of anilines is 1. The number of carbonyl (C=O) groups is 1. The van der Waals surface area contributed by atoms with Crippen molar-refractivity contribution in [1.29, 1.82) is 0 Å². The van der Waals surface area contributed by atoms with E-state index in [1.165, 1.54) is 34.6 Å². The molecule has 0 saturated carbocycles. The number of amides is 1. The van der Waals surface area contributed by atoms with E-state index in [2.05, 4.69) is 5.32 Å². The predicted octanol–water partition coefficient (Wildman–Crippen LogP) is 3.03. The fourth-order valence-corrected chi connectivity index (χ4v) is 4.79. The van der Waals surface area contributed by atoms with Gasteiger partial charge in [-0.2, -0.15) is 4.31 Å². The number of nitrogens with one attached hydrogen (secondary N) is 1. The second-order valence-electron chi connectivity index (χ2n) is 6.88. The smallest absolute Gasteiger partial charge is 0.271 e. The van der Waals surface area contributed by atoms with Crippen molar-refractivity contribution in [3.8, 4) is 5.75 Å². The summed E-state index contributed by atoms with van der Waals surface area (Å²) in [6, 6.07) is 12.0. The number of ether oxygens (including phenoxy) is 1. The van der Waals surface area contributed by atoms with Crippen LogP contribution >= 0.6 is 0 Å². The summed E-state index contributed by atoms with van der Waals surface area (Å²) in [5, 5.41) is 13.5. The highest BCUT2D eigenvalue weighted by molar-refractivity contribution is 7.89. The van der Waals surface area contributed by atoms with Crippen LogP contribution in [0.3, 0.4) is 0 Å². The summed E-state index contributed by atoms with van der Waals surface area (Å²) in [6.45, 7) is 2.80. The number of carbonyl (C=O) groups excluding carboxylic acids is 1. The summed E-state index contributed by atoms with van der Waals surface area (Å²) in [5.74, 6) is -0.0300. The molecule has 30 heavy (non-hydrogen) atoms. The summed E-state index contributed by atoms with van der Waals surface area (Å²) in [7, 11) is -3.65. The Morgan fingerprint density at radius 1 is 1.20 bits per heavy atom. The number of hydrogen-bond acceptors (Lipinski definition) is 6. The van der Waals surface area contributed by atoms with Gasteiger partial charge in [-0.3, -0.25) is 14.9 Å². The van der Waals surface area contributed by atoms with E-state index < -0.39 is 14.9 Å². The SMILES string of the molecule is CCOc1ccc(S(=O)(=O)N2CCC(C(=O)Nc3cccc([N+](=O)[O-])c3)CC2)cc1. The monoisotopic (exact) mass is 433 g/mol. The van der Waals surface area contributed by atoms with Gasteiger partial charge in [0.1, 0.15) is 5.75 Å². The summed E-state index contributed by atoms with van der Waals surface area (Å²) in [6.07, 6.45) is 0.744. The summed E-state index contributed by atoms with van der Waals surface area (Å²) in [5.41, 5.74) is 0.239. The quantitative estimate of drug-likeness (QED) is 0.529. The Morgan fingerprint density at radius 3 is 2.47 bits per heavy atom. The van der Waals surface area contributed by atoms with Crippen molar-refractivity contribution in [3.63, 3.8) is 0 Å². The van der Waals surface area contributed by atoms with E-state index in [1.807, 2.05) is 6.92 Å². The first-order valence-electron chi connectivity index (χ1n) is 9.59. The van der Waals surface area contributed by atoms with Crippen LogP contribution in [0.4, 0.5) is 11.4 Å². The maximum Gasteiger partial charge on any atom is 0.271 e. The summed E-state index contributed by atoms with van der Waals surface area (Å²) >= 11 is 0. The van der Waals surface area contributed by atoms with Crippen molar-refractivity contribution < 1.29 is 22.9 Å². The van der Waals surface area contributed by atoms with Crippen LogP contribution in [0, 0.1) is 16.0 Å². The first-order valence-corrected chi connectivity index (χ1v) is 11.0. The van der Waals surface area contributed by atoms with E-state index in [0.717, 1.165) is 0 Å². The first-order chi connectivity index (χ1) is 14.3. The topological polar surface area (TPSA) is 119 Å². The van der Waals surface area contributed by atoms with E-state index in [0.29, 0.717) is 30.9 Å². The average molecular weight is 433 g/mol. The predicted molar refractivity (Wildman–Crippen MR) is 111 cm³/mol. The Labute approximate surface area is 174 Å². The van der Waals surface area contributed by atoms with Gasteiger partial charge >= 0.3 is 0 Å². The molecule has 1 amide bonds. The lowest BCUT2D eigenvalue weighted by molar-refractivity contribution is -0.384. The molecule has 1 N–H and O–H groups in total. The van der Waals surface area contributed by atoms with Crippen molar-refractivity contribution >= 4 is 27.3 Å². The van der Waals surface area contributed by atoms with Gasteiger partial charge in [-0.05, 0) is 50.1 Å². The van der Waals surface area contributed by atoms with Gasteiger partial charge in [0.2, 0.25) is 15.9 Å². The minimum Gasteiger partial charge on any atom is -0.494 e. The van der Waals surface area contributed by atoms with E-state index in [9.17, 15) is 23.3 Å². The third kappa shape index (κ3) is 4.95. The van der Waals surface area contributed by atoms with Crippen molar-refractivity contribution in [1.82, 2.24) is 4.31 Å². The molecule has 3 rings (SSSR count). The third-order valence-corrected chi connectivity index (χ3v) is 6.83. The van der Waals surface area contributed by atoms with E-state index in [-0.39, 0.29) is 35.5 Å². The van der Waals surface area contributed by atoms with Gasteiger partial charge < -0.3 is 10.1 Å². The van der Waals surface area contributed by atoms with Gasteiger partial charge in [-0.1, -0.05) is 6.07 Å². The molecule has 2 aromatic rings. The summed E-state index contributed by atoms with van der Waals surface area (Å²) < 4.78 is 32.4. The van der Waals surface area contributed by atoms with E-state index in [4.69, 9.17) is 4.74 Å². The summed E-state index contributed by atoms with van der Waals surface area (Å²) in [4.78, 5) is 23.0. The Balaban J connectivity index is 1.60. The normalized spacial score (nSPS) is 15.5. The standard InChI is InChI=1S/C20H23N3O6S/c1-2-29-18-6-8-19(9-7-18)30(27,28)22-12-10-15(11-13-22)20(24)21-16-4-3-5-17(14-16)23(25)26/h3-9,14-15H,2,10-13H2,1H3,(H,21,24). The number of nitro benzene ring substituents is 1. The molecule has 0 atom stereocenters. The molecular weight excluding hydrogens is 410 g/mol. The lowest BCUT2D eigenvalue weighted by Gasteiger charge is -2.30. The highest BCUT2D eigenvalue weighted by atomic mass is 32.2. The van der Waals surface area contributed by atoms with Gasteiger partial charge in [0.05, 0.1) is 16.4 Å². The zero-order valence-electron chi connectivity index (χ0n) is 16.5. The molecule has 1 saturated heterocycles. The van der Waals surface area contributed by atoms with Crippen molar-refractivity contribution in [2.75, 3.05) is 25.0 Å². The molecule has 0 aliphatic carbocycles. The number of hydrogen-bond donors (Lipinski definition) is 1. The zero-order chi connectivity index (χ0) is 21.7. The Morgan fingerprint density at radius 2 is 1.87 bits per heavy atom. The van der Waals surface area contributed by atoms with Gasteiger partial charge in [-0.25, -0.2) is 8.42 Å². The van der Waals surface area contributed by atoms with Gasteiger partial charge in [0.15, 0.2) is 0 Å². The molecule has 1 heterocycles. The van der Waals surface area contributed by atoms with Gasteiger partial charge in [0, 0.05) is 36.8 Å². The highest BCUT2D eigenvalue weighted by Crippen LogP contribution is 2.26. The highest BCUT2D eigenvalue weighted by Gasteiger charge is 2.32.